The fourth-order valence-electron chi connectivity index (χ4n) is 4.25. The van der Waals surface area contributed by atoms with Crippen LogP contribution < -0.4 is 0 Å². The smallest absolute Gasteiger partial charge is 0.135 e. The molecule has 0 rings (SSSR count). The van der Waals surface area contributed by atoms with E-state index in [1.165, 1.54) is 6.42 Å². The van der Waals surface area contributed by atoms with Gasteiger partial charge in [0.1, 0.15) is 5.78 Å². The second kappa shape index (κ2) is 11.2. The van der Waals surface area contributed by atoms with Gasteiger partial charge < -0.3 is 0 Å². The third kappa shape index (κ3) is 8.19. The minimum atomic E-state index is -0.203. The fourth-order valence-corrected chi connectivity index (χ4v) is 4.25. The minimum Gasteiger partial charge on any atom is -0.299 e. The highest BCUT2D eigenvalue weighted by molar-refractivity contribution is 5.81. The van der Waals surface area contributed by atoms with Crippen LogP contribution in [0.15, 0.2) is 0 Å². The molecule has 4 atom stereocenters. The van der Waals surface area contributed by atoms with Gasteiger partial charge in [0, 0.05) is 5.41 Å². The van der Waals surface area contributed by atoms with Gasteiger partial charge in [0.25, 0.3) is 0 Å². The summed E-state index contributed by atoms with van der Waals surface area (Å²) in [4.78, 5) is 11.6. The van der Waals surface area contributed by atoms with Crippen molar-refractivity contribution < 1.29 is 4.79 Å². The summed E-state index contributed by atoms with van der Waals surface area (Å²) < 4.78 is 0. The monoisotopic (exact) mass is 438 g/mol. The maximum absolute atomic E-state index is 11.6. The molecule has 0 aliphatic heterocycles. The molecule has 188 valence electrons. The molecule has 31 heavy (non-hydrogen) atoms. The van der Waals surface area contributed by atoms with Gasteiger partial charge in [-0.3, -0.25) is 4.79 Å². The van der Waals surface area contributed by atoms with Gasteiger partial charge in [0.05, 0.1) is 0 Å². The van der Waals surface area contributed by atoms with Gasteiger partial charge >= 0.3 is 0 Å². The summed E-state index contributed by atoms with van der Waals surface area (Å²) >= 11 is 0. The first-order chi connectivity index (χ1) is 13.4. The largest absolute Gasteiger partial charge is 0.299 e. The molecular weight excluding hydrogens is 376 g/mol. The number of carbonyl (C=O) groups excluding carboxylic acids is 1. The topological polar surface area (TPSA) is 17.1 Å². The molecule has 0 aliphatic carbocycles. The lowest BCUT2D eigenvalue weighted by molar-refractivity contribution is -0.129. The molecule has 0 heterocycles. The molecule has 0 amide bonds. The lowest BCUT2D eigenvalue weighted by Gasteiger charge is -2.49. The van der Waals surface area contributed by atoms with Crippen molar-refractivity contribution in [3.8, 4) is 0 Å². The Labute approximate surface area is 198 Å². The quantitative estimate of drug-likeness (QED) is 0.350. The van der Waals surface area contributed by atoms with E-state index in [0.29, 0.717) is 39.3 Å². The Balaban J connectivity index is 0. The first kappa shape index (κ1) is 32.8. The van der Waals surface area contributed by atoms with E-state index in [1.807, 2.05) is 0 Å². The molecule has 0 bridgehead atoms. The van der Waals surface area contributed by atoms with Crippen LogP contribution in [0.2, 0.25) is 0 Å². The fraction of sp³-hybridized carbons (Fsp3) is 0.967. The molecule has 0 aromatic heterocycles. The van der Waals surface area contributed by atoms with E-state index >= 15 is 0 Å². The van der Waals surface area contributed by atoms with Gasteiger partial charge in [-0.15, -0.1) is 0 Å². The Morgan fingerprint density at radius 2 is 0.871 bits per heavy atom. The van der Waals surface area contributed by atoms with Crippen molar-refractivity contribution in [3.05, 3.63) is 0 Å². The molecule has 0 fully saturated rings. The average Bonchev–Trinajstić information content (AvgIpc) is 2.64. The SMILES string of the molecule is CCC(C)(C)[C@@H](C)C(C)C(C)(C)C(C)(C)C.CCC(C)(C)[C@@H](C)C(C)C(C)(C)C(C)=O. The van der Waals surface area contributed by atoms with E-state index in [2.05, 4.69) is 118 Å². The number of Topliss-reactive ketones (excluding diaryl/α,β-unsaturated/α-hetero) is 1. The highest BCUT2D eigenvalue weighted by Crippen LogP contribution is 2.50. The van der Waals surface area contributed by atoms with Gasteiger partial charge in [0.15, 0.2) is 0 Å². The van der Waals surface area contributed by atoms with Crippen LogP contribution in [0, 0.1) is 50.7 Å². The van der Waals surface area contributed by atoms with Crippen LogP contribution >= 0.6 is 0 Å². The number of rotatable bonds is 9. The van der Waals surface area contributed by atoms with Crippen molar-refractivity contribution in [2.75, 3.05) is 0 Å². The van der Waals surface area contributed by atoms with Crippen LogP contribution in [0.25, 0.3) is 0 Å². The van der Waals surface area contributed by atoms with E-state index in [0.717, 1.165) is 18.3 Å². The first-order valence-electron chi connectivity index (χ1n) is 13.0. The molecule has 1 nitrogen and oxygen atoms in total. The number of hydrogen-bond acceptors (Lipinski definition) is 1. The number of carbonyl (C=O) groups is 1. The molecule has 0 saturated heterocycles. The Morgan fingerprint density at radius 1 is 0.581 bits per heavy atom. The molecule has 0 saturated carbocycles. The molecule has 0 spiro atoms. The number of hydrogen-bond donors (Lipinski definition) is 0. The van der Waals surface area contributed by atoms with E-state index < -0.39 is 0 Å². The normalized spacial score (nSPS) is 17.9. The molecule has 2 unspecified atom stereocenters. The predicted octanol–water partition coefficient (Wildman–Crippen LogP) is 10.1. The lowest BCUT2D eigenvalue weighted by atomic mass is 9.56. The lowest BCUT2D eigenvalue weighted by Crippen LogP contribution is -2.42. The van der Waals surface area contributed by atoms with Crippen molar-refractivity contribution >= 4 is 5.78 Å². The molecule has 0 N–H and O–H groups in total. The minimum absolute atomic E-state index is 0.203. The Bertz CT molecular complexity index is 541. The summed E-state index contributed by atoms with van der Waals surface area (Å²) in [5.74, 6) is 2.77. The van der Waals surface area contributed by atoms with E-state index in [-0.39, 0.29) is 5.41 Å². The van der Waals surface area contributed by atoms with Crippen molar-refractivity contribution in [1.82, 2.24) is 0 Å². The molecule has 0 aromatic carbocycles. The summed E-state index contributed by atoms with van der Waals surface area (Å²) in [6.07, 6.45) is 2.42. The second-order valence-corrected chi connectivity index (χ2v) is 14.1. The third-order valence-corrected chi connectivity index (χ3v) is 10.9. The molecule has 0 aromatic rings. The standard InChI is InChI=1S/C16H34.C14H28O/c1-11-15(7,8)12(2)13(3)16(9,10)14(4,5)6;1-9-13(5,6)10(2)11(3)14(7,8)12(4)15/h12-13H,11H2,1-10H3;10-11H,9H2,1-8H3/t12-,13?;10-,11?/m00/s1. The summed E-state index contributed by atoms with van der Waals surface area (Å²) in [5.41, 5.74) is 1.29. The zero-order chi connectivity index (χ0) is 25.8. The molecule has 0 aliphatic rings. The zero-order valence-corrected chi connectivity index (χ0v) is 25.1. The van der Waals surface area contributed by atoms with Gasteiger partial charge in [0.2, 0.25) is 0 Å². The van der Waals surface area contributed by atoms with Gasteiger partial charge in [-0.05, 0) is 52.3 Å². The summed E-state index contributed by atoms with van der Waals surface area (Å²) in [5, 5.41) is 0. The second-order valence-electron chi connectivity index (χ2n) is 14.1. The van der Waals surface area contributed by atoms with E-state index in [1.54, 1.807) is 6.92 Å². The van der Waals surface area contributed by atoms with Gasteiger partial charge in [-0.25, -0.2) is 0 Å². The highest BCUT2D eigenvalue weighted by atomic mass is 16.1. The van der Waals surface area contributed by atoms with Gasteiger partial charge in [-0.2, -0.15) is 0 Å². The maximum Gasteiger partial charge on any atom is 0.135 e. The zero-order valence-electron chi connectivity index (χ0n) is 25.1. The summed E-state index contributed by atoms with van der Waals surface area (Å²) in [7, 11) is 0. The first-order valence-corrected chi connectivity index (χ1v) is 13.0. The molecule has 0 radical (unpaired) electrons. The number of ketones is 1. The average molecular weight is 439 g/mol. The molecular formula is C30H62O. The maximum atomic E-state index is 11.6. The van der Waals surface area contributed by atoms with Crippen molar-refractivity contribution in [2.45, 2.75) is 137 Å². The van der Waals surface area contributed by atoms with Gasteiger partial charge in [-0.1, -0.05) is 131 Å². The van der Waals surface area contributed by atoms with Crippen molar-refractivity contribution in [2.24, 2.45) is 50.7 Å². The van der Waals surface area contributed by atoms with Crippen molar-refractivity contribution in [3.63, 3.8) is 0 Å². The van der Waals surface area contributed by atoms with Crippen LogP contribution in [0.4, 0.5) is 0 Å². The Morgan fingerprint density at radius 3 is 1.10 bits per heavy atom. The summed E-state index contributed by atoms with van der Waals surface area (Å²) in [6, 6.07) is 0. The molecule has 1 heteroatoms. The van der Waals surface area contributed by atoms with Crippen LogP contribution in [0.3, 0.4) is 0 Å². The van der Waals surface area contributed by atoms with Crippen molar-refractivity contribution in [1.29, 1.82) is 0 Å². The third-order valence-electron chi connectivity index (χ3n) is 10.9. The summed E-state index contributed by atoms with van der Waals surface area (Å²) in [6.45, 7) is 41.1. The Kier molecular flexibility index (Phi) is 11.9. The van der Waals surface area contributed by atoms with E-state index in [4.69, 9.17) is 0 Å². The predicted molar refractivity (Wildman–Crippen MR) is 142 cm³/mol. The van der Waals surface area contributed by atoms with Crippen LogP contribution in [-0.4, -0.2) is 5.78 Å². The van der Waals surface area contributed by atoms with Crippen LogP contribution in [0.1, 0.15) is 137 Å². The van der Waals surface area contributed by atoms with E-state index in [9.17, 15) is 4.79 Å². The van der Waals surface area contributed by atoms with Crippen LogP contribution in [0.5, 0.6) is 0 Å². The Hall–Kier alpha value is -0.330. The highest BCUT2D eigenvalue weighted by Gasteiger charge is 2.43. The van der Waals surface area contributed by atoms with Crippen LogP contribution in [-0.2, 0) is 4.79 Å².